The summed E-state index contributed by atoms with van der Waals surface area (Å²) in [5.41, 5.74) is 4.27. The highest BCUT2D eigenvalue weighted by atomic mass is 16.5. The van der Waals surface area contributed by atoms with Crippen molar-refractivity contribution < 1.29 is 14.6 Å². The second-order valence-corrected chi connectivity index (χ2v) is 6.14. The van der Waals surface area contributed by atoms with Gasteiger partial charge in [0, 0.05) is 23.5 Å². The van der Waals surface area contributed by atoms with E-state index in [1.165, 1.54) is 5.69 Å². The second-order valence-electron chi connectivity index (χ2n) is 6.14. The van der Waals surface area contributed by atoms with Gasteiger partial charge in [-0.2, -0.15) is 0 Å². The molecule has 1 atom stereocenters. The Balaban J connectivity index is 2.07. The Morgan fingerprint density at radius 3 is 3.00 bits per heavy atom. The number of ether oxygens (including phenoxy) is 1. The summed E-state index contributed by atoms with van der Waals surface area (Å²) in [6, 6.07) is 5.90. The number of benzene rings is 1. The molecule has 5 heteroatoms. The van der Waals surface area contributed by atoms with Crippen molar-refractivity contribution in [2.75, 3.05) is 7.11 Å². The first-order valence-corrected chi connectivity index (χ1v) is 7.76. The van der Waals surface area contributed by atoms with Crippen LogP contribution in [0.15, 0.2) is 24.4 Å². The van der Waals surface area contributed by atoms with Gasteiger partial charge < -0.3 is 14.4 Å². The average molecular weight is 310 g/mol. The molecular formula is C18H18N2O3. The minimum Gasteiger partial charge on any atom is -0.494 e. The third kappa shape index (κ3) is 1.92. The predicted octanol–water partition coefficient (Wildman–Crippen LogP) is 2.92. The van der Waals surface area contributed by atoms with Gasteiger partial charge in [0.25, 0.3) is 0 Å². The Morgan fingerprint density at radius 2 is 2.26 bits per heavy atom. The van der Waals surface area contributed by atoms with Crippen LogP contribution < -0.4 is 4.74 Å². The van der Waals surface area contributed by atoms with Gasteiger partial charge in [-0.1, -0.05) is 12.1 Å². The number of hydrogen-bond donors (Lipinski definition) is 1. The van der Waals surface area contributed by atoms with E-state index < -0.39 is 5.97 Å². The van der Waals surface area contributed by atoms with Crippen LogP contribution in [0.4, 0.5) is 0 Å². The third-order valence-corrected chi connectivity index (χ3v) is 5.01. The fourth-order valence-corrected chi connectivity index (χ4v) is 3.82. The SMILES string of the molecule is COc1cccc2c1ncc1c2c2c(n1C)CCC(C(=O)O)C2. The van der Waals surface area contributed by atoms with Crippen molar-refractivity contribution in [3.8, 4) is 5.75 Å². The maximum atomic E-state index is 11.4. The van der Waals surface area contributed by atoms with Crippen molar-refractivity contribution >= 4 is 27.8 Å². The van der Waals surface area contributed by atoms with Crippen molar-refractivity contribution in [2.24, 2.45) is 13.0 Å². The number of aliphatic carboxylic acids is 1. The zero-order valence-corrected chi connectivity index (χ0v) is 13.2. The van der Waals surface area contributed by atoms with Crippen LogP contribution >= 0.6 is 0 Å². The summed E-state index contributed by atoms with van der Waals surface area (Å²) in [5, 5.41) is 11.6. The molecule has 0 saturated heterocycles. The summed E-state index contributed by atoms with van der Waals surface area (Å²) in [7, 11) is 3.68. The largest absolute Gasteiger partial charge is 0.494 e. The van der Waals surface area contributed by atoms with Gasteiger partial charge in [-0.15, -0.1) is 0 Å². The molecule has 1 aliphatic rings. The van der Waals surface area contributed by atoms with Gasteiger partial charge in [0.15, 0.2) is 0 Å². The number of methoxy groups -OCH3 is 1. The number of rotatable bonds is 2. The lowest BCUT2D eigenvalue weighted by atomic mass is 9.86. The Bertz CT molecular complexity index is 942. The number of aromatic nitrogens is 2. The molecule has 4 rings (SSSR count). The number of para-hydroxylation sites is 1. The van der Waals surface area contributed by atoms with E-state index in [0.717, 1.165) is 39.5 Å². The number of hydrogen-bond acceptors (Lipinski definition) is 3. The average Bonchev–Trinajstić information content (AvgIpc) is 2.86. The topological polar surface area (TPSA) is 64.4 Å². The number of pyridine rings is 1. The lowest BCUT2D eigenvalue weighted by Gasteiger charge is -2.20. The van der Waals surface area contributed by atoms with E-state index in [2.05, 4.69) is 9.55 Å². The van der Waals surface area contributed by atoms with Gasteiger partial charge in [0.2, 0.25) is 0 Å². The molecule has 3 aromatic rings. The van der Waals surface area contributed by atoms with Gasteiger partial charge >= 0.3 is 5.97 Å². The molecule has 0 saturated carbocycles. The highest BCUT2D eigenvalue weighted by Crippen LogP contribution is 2.38. The number of carboxylic acids is 1. The monoisotopic (exact) mass is 310 g/mol. The summed E-state index contributed by atoms with van der Waals surface area (Å²) in [5.74, 6) is -0.266. The first-order valence-electron chi connectivity index (χ1n) is 7.76. The summed E-state index contributed by atoms with van der Waals surface area (Å²) in [6.07, 6.45) is 3.94. The Hall–Kier alpha value is -2.56. The third-order valence-electron chi connectivity index (χ3n) is 5.01. The standard InChI is InChI=1S/C18H18N2O3/c1-20-13-7-6-10(18(21)22)8-12(13)16-11-4-3-5-15(23-2)17(11)19-9-14(16)20/h3-5,9-10H,6-8H2,1-2H3,(H,21,22). The van der Waals surface area contributed by atoms with Crippen LogP contribution in [0.2, 0.25) is 0 Å². The number of fused-ring (bicyclic) bond motifs is 5. The van der Waals surface area contributed by atoms with Crippen LogP contribution in [-0.2, 0) is 24.7 Å². The van der Waals surface area contributed by atoms with Crippen molar-refractivity contribution in [1.82, 2.24) is 9.55 Å². The van der Waals surface area contributed by atoms with Gasteiger partial charge in [-0.05, 0) is 30.9 Å². The van der Waals surface area contributed by atoms with Crippen LogP contribution in [0.5, 0.6) is 5.75 Å². The van der Waals surface area contributed by atoms with E-state index in [1.54, 1.807) is 7.11 Å². The molecule has 0 aliphatic heterocycles. The highest BCUT2D eigenvalue weighted by molar-refractivity contribution is 6.09. The van der Waals surface area contributed by atoms with Crippen LogP contribution in [0.3, 0.4) is 0 Å². The number of carbonyl (C=O) groups is 1. The van der Waals surface area contributed by atoms with E-state index in [-0.39, 0.29) is 5.92 Å². The maximum absolute atomic E-state index is 11.4. The number of aryl methyl sites for hydroxylation is 1. The lowest BCUT2D eigenvalue weighted by Crippen LogP contribution is -2.22. The van der Waals surface area contributed by atoms with Crippen LogP contribution in [0.25, 0.3) is 21.8 Å². The first-order chi connectivity index (χ1) is 11.1. The first kappa shape index (κ1) is 14.1. The summed E-state index contributed by atoms with van der Waals surface area (Å²) < 4.78 is 7.58. The van der Waals surface area contributed by atoms with Crippen molar-refractivity contribution in [3.05, 3.63) is 35.7 Å². The second kappa shape index (κ2) is 4.98. The molecule has 1 N–H and O–H groups in total. The van der Waals surface area contributed by atoms with Crippen molar-refractivity contribution in [2.45, 2.75) is 19.3 Å². The minimum atomic E-state index is -0.705. The van der Waals surface area contributed by atoms with E-state index in [1.807, 2.05) is 31.4 Å². The molecule has 0 spiro atoms. The lowest BCUT2D eigenvalue weighted by molar-refractivity contribution is -0.142. The quantitative estimate of drug-likeness (QED) is 0.790. The molecule has 0 bridgehead atoms. The molecule has 1 aliphatic carbocycles. The molecule has 118 valence electrons. The Kier molecular flexibility index (Phi) is 3.04. The molecule has 0 fully saturated rings. The normalized spacial score (nSPS) is 17.4. The fraction of sp³-hybridized carbons (Fsp3) is 0.333. The molecule has 23 heavy (non-hydrogen) atoms. The molecule has 5 nitrogen and oxygen atoms in total. The number of nitrogens with zero attached hydrogens (tertiary/aromatic N) is 2. The highest BCUT2D eigenvalue weighted by Gasteiger charge is 2.29. The van der Waals surface area contributed by atoms with E-state index >= 15 is 0 Å². The van der Waals surface area contributed by atoms with E-state index in [4.69, 9.17) is 4.74 Å². The van der Waals surface area contributed by atoms with Crippen LogP contribution in [-0.4, -0.2) is 27.7 Å². The van der Waals surface area contributed by atoms with Crippen molar-refractivity contribution in [1.29, 1.82) is 0 Å². The summed E-state index contributed by atoms with van der Waals surface area (Å²) >= 11 is 0. The molecule has 1 aromatic carbocycles. The predicted molar refractivity (Wildman–Crippen MR) is 87.9 cm³/mol. The summed E-state index contributed by atoms with van der Waals surface area (Å²) in [4.78, 5) is 16.0. The van der Waals surface area contributed by atoms with Crippen LogP contribution in [0.1, 0.15) is 17.7 Å². The van der Waals surface area contributed by atoms with E-state index in [0.29, 0.717) is 12.8 Å². The van der Waals surface area contributed by atoms with Crippen molar-refractivity contribution in [3.63, 3.8) is 0 Å². The molecule has 1 unspecified atom stereocenters. The molecule has 0 radical (unpaired) electrons. The summed E-state index contributed by atoms with van der Waals surface area (Å²) in [6.45, 7) is 0. The maximum Gasteiger partial charge on any atom is 0.306 e. The van der Waals surface area contributed by atoms with E-state index in [9.17, 15) is 9.90 Å². The minimum absolute atomic E-state index is 0.304. The molecule has 2 heterocycles. The molecule has 0 amide bonds. The fourth-order valence-electron chi connectivity index (χ4n) is 3.82. The Labute approximate surface area is 133 Å². The van der Waals surface area contributed by atoms with Gasteiger partial charge in [-0.3, -0.25) is 9.78 Å². The van der Waals surface area contributed by atoms with Gasteiger partial charge in [0.1, 0.15) is 11.3 Å². The zero-order chi connectivity index (χ0) is 16.1. The van der Waals surface area contributed by atoms with Gasteiger partial charge in [-0.25, -0.2) is 0 Å². The number of carboxylic acid groups (broad SMARTS) is 1. The smallest absolute Gasteiger partial charge is 0.306 e. The van der Waals surface area contributed by atoms with Gasteiger partial charge in [0.05, 0.1) is 24.7 Å². The Morgan fingerprint density at radius 1 is 1.43 bits per heavy atom. The van der Waals surface area contributed by atoms with Crippen LogP contribution in [0, 0.1) is 5.92 Å². The zero-order valence-electron chi connectivity index (χ0n) is 13.2. The molecule has 2 aromatic heterocycles. The molecular weight excluding hydrogens is 292 g/mol.